The highest BCUT2D eigenvalue weighted by Gasteiger charge is 2.13. The number of nitrogens with zero attached hydrogens (tertiary/aromatic N) is 2. The number of ether oxygens (including phenoxy) is 1. The van der Waals surface area contributed by atoms with Gasteiger partial charge >= 0.3 is 0 Å². The van der Waals surface area contributed by atoms with Crippen LogP contribution in [0.15, 0.2) is 22.7 Å². The Labute approximate surface area is 126 Å². The lowest BCUT2D eigenvalue weighted by Gasteiger charge is -2.10. The molecule has 0 aliphatic rings. The summed E-state index contributed by atoms with van der Waals surface area (Å²) in [6, 6.07) is 5.68. The maximum absolute atomic E-state index is 6.21. The van der Waals surface area contributed by atoms with E-state index >= 15 is 0 Å². The molecule has 0 saturated carbocycles. The van der Waals surface area contributed by atoms with Crippen molar-refractivity contribution in [3.63, 3.8) is 0 Å². The van der Waals surface area contributed by atoms with E-state index in [0.29, 0.717) is 11.0 Å². The minimum Gasteiger partial charge on any atom is -0.497 e. The summed E-state index contributed by atoms with van der Waals surface area (Å²) in [4.78, 5) is 8.91. The van der Waals surface area contributed by atoms with Gasteiger partial charge in [0.2, 0.25) is 0 Å². The second-order valence-corrected chi connectivity index (χ2v) is 5.31. The Bertz CT molecular complexity index is 593. The van der Waals surface area contributed by atoms with Gasteiger partial charge in [0.05, 0.1) is 7.11 Å². The molecule has 0 saturated heterocycles. The van der Waals surface area contributed by atoms with Crippen molar-refractivity contribution >= 4 is 27.5 Å². The molecule has 0 N–H and O–H groups in total. The fourth-order valence-corrected chi connectivity index (χ4v) is 2.66. The molecule has 100 valence electrons. The van der Waals surface area contributed by atoms with Gasteiger partial charge in [0.25, 0.3) is 0 Å². The lowest BCUT2D eigenvalue weighted by atomic mass is 10.1. The Morgan fingerprint density at radius 3 is 2.63 bits per heavy atom. The van der Waals surface area contributed by atoms with Crippen LogP contribution in [0.2, 0.25) is 5.15 Å². The van der Waals surface area contributed by atoms with Crippen LogP contribution in [0.5, 0.6) is 5.75 Å². The average molecular weight is 342 g/mol. The molecule has 1 aromatic heterocycles. The van der Waals surface area contributed by atoms with Crippen molar-refractivity contribution in [3.8, 4) is 17.1 Å². The van der Waals surface area contributed by atoms with Gasteiger partial charge in [-0.1, -0.05) is 34.5 Å². The third kappa shape index (κ3) is 2.90. The van der Waals surface area contributed by atoms with Gasteiger partial charge in [-0.2, -0.15) is 0 Å². The first-order chi connectivity index (χ1) is 9.06. The quantitative estimate of drug-likeness (QED) is 0.774. The van der Waals surface area contributed by atoms with Crippen LogP contribution < -0.4 is 4.74 Å². The summed E-state index contributed by atoms with van der Waals surface area (Å²) in [6.45, 7) is 3.99. The van der Waals surface area contributed by atoms with Crippen molar-refractivity contribution in [3.05, 3.63) is 39.1 Å². The lowest BCUT2D eigenvalue weighted by molar-refractivity contribution is 0.415. The Morgan fingerprint density at radius 2 is 2.05 bits per heavy atom. The third-order valence-corrected chi connectivity index (χ3v) is 3.94. The molecule has 0 aliphatic carbocycles. The van der Waals surface area contributed by atoms with Crippen molar-refractivity contribution in [2.75, 3.05) is 7.11 Å². The predicted molar refractivity (Wildman–Crippen MR) is 80.8 cm³/mol. The summed E-state index contributed by atoms with van der Waals surface area (Å²) in [7, 11) is 1.63. The summed E-state index contributed by atoms with van der Waals surface area (Å²) in [6.07, 6.45) is 0.824. The molecule has 0 atom stereocenters. The normalized spacial score (nSPS) is 10.6. The van der Waals surface area contributed by atoms with Crippen LogP contribution in [-0.2, 0) is 6.42 Å². The van der Waals surface area contributed by atoms with Crippen LogP contribution in [0.4, 0.5) is 0 Å². The second-order valence-electron chi connectivity index (χ2n) is 4.10. The summed E-state index contributed by atoms with van der Waals surface area (Å²) in [5.74, 6) is 1.36. The third-order valence-electron chi connectivity index (χ3n) is 2.93. The first-order valence-electron chi connectivity index (χ1n) is 5.93. The first-order valence-corrected chi connectivity index (χ1v) is 7.10. The lowest BCUT2D eigenvalue weighted by Crippen LogP contribution is -2.00. The topological polar surface area (TPSA) is 35.0 Å². The minimum absolute atomic E-state index is 0.514. The second kappa shape index (κ2) is 5.88. The fourth-order valence-electron chi connectivity index (χ4n) is 1.89. The molecule has 0 fully saturated rings. The van der Waals surface area contributed by atoms with Crippen molar-refractivity contribution in [2.45, 2.75) is 20.3 Å². The molecule has 1 aromatic carbocycles. The van der Waals surface area contributed by atoms with Crippen LogP contribution in [0.3, 0.4) is 0 Å². The zero-order valence-corrected chi connectivity index (χ0v) is 13.3. The van der Waals surface area contributed by atoms with E-state index in [1.807, 2.05) is 32.0 Å². The molecule has 0 aliphatic heterocycles. The van der Waals surface area contributed by atoms with Crippen LogP contribution in [0.1, 0.15) is 18.2 Å². The standard InChI is InChI=1S/C14H14BrClN2O/c1-4-10-8(2)17-14(18-13(10)16)11-7-9(19-3)5-6-12(11)15/h5-7H,4H2,1-3H3. The number of benzene rings is 1. The molecule has 1 heterocycles. The SMILES string of the molecule is CCc1c(C)nc(-c2cc(OC)ccc2Br)nc1Cl. The van der Waals surface area contributed by atoms with Crippen molar-refractivity contribution in [1.82, 2.24) is 9.97 Å². The van der Waals surface area contributed by atoms with Crippen molar-refractivity contribution < 1.29 is 4.74 Å². The van der Waals surface area contributed by atoms with Crippen molar-refractivity contribution in [2.24, 2.45) is 0 Å². The summed E-state index contributed by atoms with van der Waals surface area (Å²) < 4.78 is 6.14. The number of aromatic nitrogens is 2. The van der Waals surface area contributed by atoms with Crippen LogP contribution >= 0.6 is 27.5 Å². The molecule has 2 rings (SSSR count). The summed E-state index contributed by atoms with van der Waals surface area (Å²) in [5, 5.41) is 0.514. The molecule has 0 radical (unpaired) electrons. The number of hydrogen-bond donors (Lipinski definition) is 0. The molecule has 0 unspecified atom stereocenters. The number of halogens is 2. The smallest absolute Gasteiger partial charge is 0.162 e. The minimum atomic E-state index is 0.514. The fraction of sp³-hybridized carbons (Fsp3) is 0.286. The van der Waals surface area contributed by atoms with Gasteiger partial charge in [0, 0.05) is 21.3 Å². The summed E-state index contributed by atoms with van der Waals surface area (Å²) >= 11 is 9.72. The van der Waals surface area contributed by atoms with Crippen LogP contribution in [-0.4, -0.2) is 17.1 Å². The van der Waals surface area contributed by atoms with E-state index in [1.54, 1.807) is 7.11 Å². The maximum atomic E-state index is 6.21. The van der Waals surface area contributed by atoms with Gasteiger partial charge in [-0.3, -0.25) is 0 Å². The van der Waals surface area contributed by atoms with Gasteiger partial charge < -0.3 is 4.74 Å². The van der Waals surface area contributed by atoms with E-state index in [-0.39, 0.29) is 0 Å². The monoisotopic (exact) mass is 340 g/mol. The van der Waals surface area contributed by atoms with E-state index in [0.717, 1.165) is 33.5 Å². The first kappa shape index (κ1) is 14.3. The molecule has 0 amide bonds. The van der Waals surface area contributed by atoms with E-state index in [4.69, 9.17) is 16.3 Å². The number of methoxy groups -OCH3 is 1. The number of hydrogen-bond acceptors (Lipinski definition) is 3. The molecular weight excluding hydrogens is 328 g/mol. The molecular formula is C14H14BrClN2O. The Balaban J connectivity index is 2.59. The maximum Gasteiger partial charge on any atom is 0.162 e. The van der Waals surface area contributed by atoms with Gasteiger partial charge in [0.1, 0.15) is 10.9 Å². The molecule has 0 spiro atoms. The molecule has 5 heteroatoms. The molecule has 3 nitrogen and oxygen atoms in total. The largest absolute Gasteiger partial charge is 0.497 e. The summed E-state index contributed by atoms with van der Waals surface area (Å²) in [5.41, 5.74) is 2.77. The van der Waals surface area contributed by atoms with Gasteiger partial charge in [-0.15, -0.1) is 0 Å². The van der Waals surface area contributed by atoms with E-state index in [1.165, 1.54) is 0 Å². The predicted octanol–water partition coefficient (Wildman–Crippen LogP) is 4.44. The highest BCUT2D eigenvalue weighted by atomic mass is 79.9. The molecule has 2 aromatic rings. The van der Waals surface area contributed by atoms with E-state index in [9.17, 15) is 0 Å². The van der Waals surface area contributed by atoms with E-state index < -0.39 is 0 Å². The highest BCUT2D eigenvalue weighted by molar-refractivity contribution is 9.10. The average Bonchev–Trinajstić information content (AvgIpc) is 2.39. The van der Waals surface area contributed by atoms with E-state index in [2.05, 4.69) is 25.9 Å². The van der Waals surface area contributed by atoms with Crippen LogP contribution in [0.25, 0.3) is 11.4 Å². The zero-order valence-electron chi connectivity index (χ0n) is 11.0. The Kier molecular flexibility index (Phi) is 4.42. The van der Waals surface area contributed by atoms with Crippen LogP contribution in [0, 0.1) is 6.92 Å². The number of rotatable bonds is 3. The van der Waals surface area contributed by atoms with Gasteiger partial charge in [-0.25, -0.2) is 9.97 Å². The Hall–Kier alpha value is -1.13. The van der Waals surface area contributed by atoms with Crippen molar-refractivity contribution in [1.29, 1.82) is 0 Å². The number of aryl methyl sites for hydroxylation is 1. The highest BCUT2D eigenvalue weighted by Crippen LogP contribution is 2.31. The molecule has 19 heavy (non-hydrogen) atoms. The van der Waals surface area contributed by atoms with Gasteiger partial charge in [-0.05, 0) is 31.5 Å². The molecule has 0 bridgehead atoms. The Morgan fingerprint density at radius 1 is 1.32 bits per heavy atom. The van der Waals surface area contributed by atoms with Gasteiger partial charge in [0.15, 0.2) is 5.82 Å². The zero-order chi connectivity index (χ0) is 14.0.